The molecule has 0 aliphatic carbocycles. The van der Waals surface area contributed by atoms with Gasteiger partial charge in [-0.1, -0.05) is 18.5 Å². The second-order valence-corrected chi connectivity index (χ2v) is 14.0. The zero-order valence-corrected chi connectivity index (χ0v) is 28.2. The van der Waals surface area contributed by atoms with Gasteiger partial charge in [0.05, 0.1) is 25.7 Å². The zero-order valence-electron chi connectivity index (χ0n) is 23.6. The van der Waals surface area contributed by atoms with Crippen LogP contribution in [0.1, 0.15) is 40.2 Å². The molecular weight excluding hydrogens is 608 g/mol. The largest absolute Gasteiger partial charge is 0.497 e. The lowest BCUT2D eigenvalue weighted by molar-refractivity contribution is -0.120. The summed E-state index contributed by atoms with van der Waals surface area (Å²) in [6, 6.07) is 12.6. The molecule has 7 atom stereocenters. The van der Waals surface area contributed by atoms with Crippen molar-refractivity contribution in [1.82, 2.24) is 4.57 Å². The molecule has 2 fully saturated rings. The Morgan fingerprint density at radius 3 is 2.31 bits per heavy atom. The van der Waals surface area contributed by atoms with Crippen LogP contribution in [0.3, 0.4) is 0 Å². The predicted octanol–water partition coefficient (Wildman–Crippen LogP) is 3.39. The Morgan fingerprint density at radius 2 is 1.74 bits per heavy atom. The maximum absolute atomic E-state index is 14.2. The van der Waals surface area contributed by atoms with E-state index < -0.39 is 5.92 Å². The average molecular weight is 645 g/mol. The number of ether oxygens (including phenoxy) is 3. The van der Waals surface area contributed by atoms with E-state index in [2.05, 4.69) is 37.0 Å². The van der Waals surface area contributed by atoms with E-state index in [1.807, 2.05) is 25.1 Å². The van der Waals surface area contributed by atoms with Gasteiger partial charge < -0.3 is 23.7 Å². The minimum absolute atomic E-state index is 0.000799. The molecule has 222 valence electrons. The molecule has 0 N–H and O–H groups in total. The van der Waals surface area contributed by atoms with E-state index in [9.17, 15) is 14.4 Å². The normalized spacial score (nSPS) is 20.1. The smallest absolute Gasteiger partial charge is 0.274 e. The van der Waals surface area contributed by atoms with Crippen molar-refractivity contribution in [3.63, 3.8) is 0 Å². The van der Waals surface area contributed by atoms with Gasteiger partial charge in [0.2, 0.25) is 5.91 Å². The molecule has 1 aromatic heterocycles. The molecule has 8 nitrogen and oxygen atoms in total. The van der Waals surface area contributed by atoms with Crippen molar-refractivity contribution in [3.05, 3.63) is 75.7 Å². The Bertz CT molecular complexity index is 1530. The summed E-state index contributed by atoms with van der Waals surface area (Å²) in [6.07, 6.45) is 2.67. The number of Topliss-reactive ketones (excluding diaryl/α,β-unsaturated/α-hetero) is 1. The number of aryl methyl sites for hydroxylation is 1. The van der Waals surface area contributed by atoms with Gasteiger partial charge in [0.15, 0.2) is 5.78 Å². The van der Waals surface area contributed by atoms with Gasteiger partial charge in [0.1, 0.15) is 22.8 Å². The number of carbonyl (C=O) groups excluding carboxylic acids is 2. The van der Waals surface area contributed by atoms with Crippen LogP contribution in [-0.4, -0.2) is 48.2 Å². The first-order valence-electron chi connectivity index (χ1n) is 13.7. The third-order valence-corrected chi connectivity index (χ3v) is 9.16. The van der Waals surface area contributed by atoms with Crippen molar-refractivity contribution in [3.8, 4) is 11.5 Å². The summed E-state index contributed by atoms with van der Waals surface area (Å²) in [6.45, 7) is 3.26. The van der Waals surface area contributed by atoms with Crippen molar-refractivity contribution in [2.75, 3.05) is 25.2 Å². The summed E-state index contributed by atoms with van der Waals surface area (Å²) in [5, 5.41) is 1.76. The average Bonchev–Trinajstić information content (AvgIpc) is 3.21. The third kappa shape index (κ3) is 6.50. The van der Waals surface area contributed by atoms with E-state index in [4.69, 9.17) is 14.2 Å². The number of aromatic nitrogens is 1. The van der Waals surface area contributed by atoms with Gasteiger partial charge in [-0.3, -0.25) is 14.4 Å². The van der Waals surface area contributed by atoms with E-state index in [1.54, 1.807) is 47.0 Å². The molecule has 0 saturated carbocycles. The molecule has 2 saturated heterocycles. The molecule has 12 heteroatoms. The number of anilines is 1. The summed E-state index contributed by atoms with van der Waals surface area (Å²) >= 11 is 0. The number of benzene rings is 2. The Hall–Kier alpha value is -2.19. The van der Waals surface area contributed by atoms with Gasteiger partial charge in [-0.2, -0.15) is 0 Å². The van der Waals surface area contributed by atoms with Crippen LogP contribution in [0.15, 0.2) is 53.5 Å². The van der Waals surface area contributed by atoms with E-state index >= 15 is 0 Å². The number of hydrogen-bond donors (Lipinski definition) is 0. The number of rotatable bonds is 10. The number of nitrogens with zero attached hydrogens (tertiary/aromatic N) is 2. The van der Waals surface area contributed by atoms with Gasteiger partial charge in [0, 0.05) is 37.3 Å². The molecule has 42 heavy (non-hydrogen) atoms. The highest BCUT2D eigenvalue weighted by Crippen LogP contribution is 2.39. The third-order valence-electron chi connectivity index (χ3n) is 7.93. The number of hydrogen-bond acceptors (Lipinski definition) is 6. The SMILES string of the molecule is COc1cc(P)c([C@@H]2CN(c3c(C)ccn(CC4CCO4)c3=O)C(=O)[C@H]2CC(=O)c2ccc(OC(P)P)cc2)c(P)c1. The van der Waals surface area contributed by atoms with Crippen LogP contribution >= 0.6 is 37.0 Å². The van der Waals surface area contributed by atoms with Crippen LogP contribution in [0.5, 0.6) is 11.5 Å². The van der Waals surface area contributed by atoms with Crippen LogP contribution in [0.25, 0.3) is 0 Å². The van der Waals surface area contributed by atoms with E-state index in [-0.39, 0.29) is 47.8 Å². The van der Waals surface area contributed by atoms with Crippen LogP contribution < -0.4 is 30.5 Å². The van der Waals surface area contributed by atoms with Gasteiger partial charge in [-0.25, -0.2) is 0 Å². The summed E-state index contributed by atoms with van der Waals surface area (Å²) < 4.78 is 18.3. The highest BCUT2D eigenvalue weighted by atomic mass is 31.1. The molecule has 3 heterocycles. The van der Waals surface area contributed by atoms with Crippen molar-refractivity contribution in [2.45, 2.75) is 43.9 Å². The molecule has 0 bridgehead atoms. The maximum atomic E-state index is 14.2. The highest BCUT2D eigenvalue weighted by molar-refractivity contribution is 7.37. The lowest BCUT2D eigenvalue weighted by Crippen LogP contribution is -2.39. The molecule has 3 aromatic rings. The molecule has 0 radical (unpaired) electrons. The fourth-order valence-corrected chi connectivity index (χ4v) is 7.26. The first-order valence-corrected chi connectivity index (χ1v) is 16.2. The van der Waals surface area contributed by atoms with E-state index in [0.29, 0.717) is 41.5 Å². The number of ketones is 1. The Kier molecular flexibility index (Phi) is 9.83. The second kappa shape index (κ2) is 13.2. The molecule has 2 aliphatic rings. The summed E-state index contributed by atoms with van der Waals surface area (Å²) in [5.41, 5.74) is 2.14. The topological polar surface area (TPSA) is 87.1 Å². The van der Waals surface area contributed by atoms with E-state index in [1.165, 1.54) is 0 Å². The van der Waals surface area contributed by atoms with Gasteiger partial charge in [-0.15, -0.1) is 18.5 Å². The van der Waals surface area contributed by atoms with Crippen LogP contribution in [0.2, 0.25) is 0 Å². The maximum Gasteiger partial charge on any atom is 0.274 e. The second-order valence-electron chi connectivity index (χ2n) is 10.7. The quantitative estimate of drug-likeness (QED) is 0.249. The molecule has 0 spiro atoms. The van der Waals surface area contributed by atoms with Crippen LogP contribution in [0, 0.1) is 12.8 Å². The number of pyridine rings is 1. The fourth-order valence-electron chi connectivity index (χ4n) is 5.69. The Morgan fingerprint density at radius 1 is 1.07 bits per heavy atom. The van der Waals surface area contributed by atoms with Crippen molar-refractivity contribution in [2.24, 2.45) is 5.92 Å². The zero-order chi connectivity index (χ0) is 30.1. The summed E-state index contributed by atoms with van der Waals surface area (Å²) in [5.74, 6) is -0.0240. The molecular formula is C30H36N2O6P4. The summed E-state index contributed by atoms with van der Waals surface area (Å²) in [7, 11) is 12.2. The molecule has 5 unspecified atom stereocenters. The van der Waals surface area contributed by atoms with Crippen LogP contribution in [-0.2, 0) is 16.1 Å². The standard InChI is InChI=1S/C30H36N2O6P4/c1-16-7-9-31(14-19-8-10-37-19)29(35)27(16)32-15-22(26-24(39)11-20(36-2)12-25(26)40)21(28(32)34)13-23(33)17-3-5-18(6-4-17)38-30(41)42/h3-7,9,11-12,19,21-22,30H,8,10,13-15,39-42H2,1-2H3/t19?,21-,22+/m0/s1. The molecule has 2 aliphatic heterocycles. The van der Waals surface area contributed by atoms with E-state index in [0.717, 1.165) is 22.6 Å². The number of methoxy groups -OCH3 is 1. The lowest BCUT2D eigenvalue weighted by atomic mass is 9.84. The monoisotopic (exact) mass is 644 g/mol. The van der Waals surface area contributed by atoms with Crippen molar-refractivity contribution in [1.29, 1.82) is 0 Å². The van der Waals surface area contributed by atoms with Crippen molar-refractivity contribution < 1.29 is 23.8 Å². The highest BCUT2D eigenvalue weighted by Gasteiger charge is 2.45. The lowest BCUT2D eigenvalue weighted by Gasteiger charge is -2.28. The number of carbonyl (C=O) groups is 2. The van der Waals surface area contributed by atoms with Crippen LogP contribution in [0.4, 0.5) is 5.69 Å². The molecule has 2 aromatic carbocycles. The summed E-state index contributed by atoms with van der Waals surface area (Å²) in [4.78, 5) is 43.1. The van der Waals surface area contributed by atoms with Gasteiger partial charge in [-0.05, 0) is 77.5 Å². The first kappa shape index (κ1) is 31.2. The minimum Gasteiger partial charge on any atom is -0.497 e. The molecule has 5 rings (SSSR count). The van der Waals surface area contributed by atoms with Gasteiger partial charge >= 0.3 is 0 Å². The minimum atomic E-state index is -0.661. The van der Waals surface area contributed by atoms with Crippen molar-refractivity contribution >= 4 is 64.9 Å². The Labute approximate surface area is 255 Å². The predicted molar refractivity (Wildman–Crippen MR) is 179 cm³/mol. The Balaban J connectivity index is 1.51. The number of amides is 1. The van der Waals surface area contributed by atoms with Gasteiger partial charge in [0.25, 0.3) is 5.56 Å². The fraction of sp³-hybridized carbons (Fsp3) is 0.367. The molecule has 1 amide bonds. The first-order chi connectivity index (χ1) is 20.1.